The fourth-order valence-electron chi connectivity index (χ4n) is 3.06. The third kappa shape index (κ3) is 3.82. The average molecular weight is 358 g/mol. The van der Waals surface area contributed by atoms with E-state index in [2.05, 4.69) is 34.4 Å². The highest BCUT2D eigenvalue weighted by atomic mass is 32.1. The van der Waals surface area contributed by atoms with Crippen LogP contribution in [0.1, 0.15) is 36.3 Å². The number of aromatic nitrogens is 1. The lowest BCUT2D eigenvalue weighted by molar-refractivity contribution is -0.119. The molecule has 0 aliphatic carbocycles. The molecule has 0 atom stereocenters. The van der Waals surface area contributed by atoms with Crippen LogP contribution in [0.3, 0.4) is 0 Å². The normalized spacial score (nSPS) is 13.6. The molecule has 6 nitrogen and oxygen atoms in total. The second-order valence-corrected chi connectivity index (χ2v) is 7.89. The number of rotatable bonds is 5. The quantitative estimate of drug-likeness (QED) is 0.857. The van der Waals surface area contributed by atoms with Crippen molar-refractivity contribution in [1.82, 2.24) is 10.3 Å². The summed E-state index contributed by atoms with van der Waals surface area (Å²) in [5.74, 6) is -0.748. The van der Waals surface area contributed by atoms with Crippen LogP contribution < -0.4 is 16.0 Å². The fourth-order valence-corrected chi connectivity index (χ4v) is 3.86. The molecule has 1 aliphatic heterocycles. The predicted octanol–water partition coefficient (Wildman–Crippen LogP) is 2.19. The molecule has 132 valence electrons. The molecule has 25 heavy (non-hydrogen) atoms. The van der Waals surface area contributed by atoms with Crippen LogP contribution in [-0.4, -0.2) is 35.9 Å². The second-order valence-electron chi connectivity index (χ2n) is 7.03. The molecule has 2 amide bonds. The fraction of sp³-hybridized carbons (Fsp3) is 0.389. The zero-order valence-corrected chi connectivity index (χ0v) is 15.4. The highest BCUT2D eigenvalue weighted by Gasteiger charge is 2.25. The average Bonchev–Trinajstić information content (AvgIpc) is 3.12. The van der Waals surface area contributed by atoms with Crippen molar-refractivity contribution in [3.05, 3.63) is 34.8 Å². The molecular formula is C18H22N4O2S. The van der Waals surface area contributed by atoms with Gasteiger partial charge in [-0.05, 0) is 44.0 Å². The van der Waals surface area contributed by atoms with Crippen LogP contribution in [0.25, 0.3) is 10.6 Å². The summed E-state index contributed by atoms with van der Waals surface area (Å²) in [6, 6.07) is 6.29. The molecule has 0 bridgehead atoms. The number of anilines is 1. The lowest BCUT2D eigenvalue weighted by Gasteiger charge is -2.24. The van der Waals surface area contributed by atoms with Crippen LogP contribution in [-0.2, 0) is 11.2 Å². The Morgan fingerprint density at radius 3 is 2.88 bits per heavy atom. The maximum absolute atomic E-state index is 12.4. The standard InChI is InChI=1S/C18H22N4O2S/c1-18(2,9-15(19)23)21-16(24)13-10-25-17(20-13)12-4-5-14-11(8-12)6-7-22(14)3/h4-5,8,10H,6-7,9H2,1-3H3,(H2,19,23)(H,21,24). The molecule has 3 rings (SSSR count). The Morgan fingerprint density at radius 2 is 2.16 bits per heavy atom. The van der Waals surface area contributed by atoms with E-state index in [0.29, 0.717) is 5.69 Å². The van der Waals surface area contributed by atoms with Crippen molar-refractivity contribution in [2.75, 3.05) is 18.5 Å². The monoisotopic (exact) mass is 358 g/mol. The molecule has 1 aliphatic rings. The van der Waals surface area contributed by atoms with E-state index in [1.165, 1.54) is 22.6 Å². The first-order valence-corrected chi connectivity index (χ1v) is 9.04. The smallest absolute Gasteiger partial charge is 0.271 e. The Balaban J connectivity index is 1.76. The number of likely N-dealkylation sites (N-methyl/N-ethyl adjacent to an activating group) is 1. The Morgan fingerprint density at radius 1 is 1.40 bits per heavy atom. The van der Waals surface area contributed by atoms with Crippen LogP contribution in [0.5, 0.6) is 0 Å². The third-order valence-corrected chi connectivity index (χ3v) is 5.15. The zero-order chi connectivity index (χ0) is 18.2. The molecule has 0 fully saturated rings. The predicted molar refractivity (Wildman–Crippen MR) is 99.9 cm³/mol. The number of benzene rings is 1. The largest absolute Gasteiger partial charge is 0.374 e. The first-order chi connectivity index (χ1) is 11.7. The maximum atomic E-state index is 12.4. The lowest BCUT2D eigenvalue weighted by Crippen LogP contribution is -2.46. The van der Waals surface area contributed by atoms with Gasteiger partial charge in [-0.2, -0.15) is 0 Å². The molecule has 3 N–H and O–H groups in total. The van der Waals surface area contributed by atoms with E-state index in [4.69, 9.17) is 5.73 Å². The minimum absolute atomic E-state index is 0.0775. The maximum Gasteiger partial charge on any atom is 0.271 e. The number of amides is 2. The van der Waals surface area contributed by atoms with E-state index in [-0.39, 0.29) is 12.3 Å². The second kappa shape index (κ2) is 6.48. The van der Waals surface area contributed by atoms with Gasteiger partial charge in [-0.25, -0.2) is 4.98 Å². The van der Waals surface area contributed by atoms with E-state index in [9.17, 15) is 9.59 Å². The van der Waals surface area contributed by atoms with Gasteiger partial charge in [-0.3, -0.25) is 9.59 Å². The van der Waals surface area contributed by atoms with E-state index in [0.717, 1.165) is 23.5 Å². The molecule has 2 heterocycles. The summed E-state index contributed by atoms with van der Waals surface area (Å²) in [4.78, 5) is 30.2. The number of nitrogens with two attached hydrogens (primary N) is 1. The first kappa shape index (κ1) is 17.4. The van der Waals surface area contributed by atoms with E-state index in [1.807, 2.05) is 6.07 Å². The van der Waals surface area contributed by atoms with Crippen LogP contribution in [0.4, 0.5) is 5.69 Å². The van der Waals surface area contributed by atoms with Crippen molar-refractivity contribution in [1.29, 1.82) is 0 Å². The number of thiazole rings is 1. The summed E-state index contributed by atoms with van der Waals surface area (Å²) < 4.78 is 0. The molecule has 0 unspecified atom stereocenters. The summed E-state index contributed by atoms with van der Waals surface area (Å²) in [7, 11) is 2.09. The van der Waals surface area contributed by atoms with Crippen LogP contribution in [0.15, 0.2) is 23.6 Å². The Bertz CT molecular complexity index is 828. The highest BCUT2D eigenvalue weighted by Crippen LogP contribution is 2.32. The van der Waals surface area contributed by atoms with Gasteiger partial charge in [-0.15, -0.1) is 11.3 Å². The lowest BCUT2D eigenvalue weighted by atomic mass is 10.0. The summed E-state index contributed by atoms with van der Waals surface area (Å²) >= 11 is 1.44. The molecular weight excluding hydrogens is 336 g/mol. The Hall–Kier alpha value is -2.41. The number of fused-ring (bicyclic) bond motifs is 1. The number of hydrogen-bond donors (Lipinski definition) is 2. The topological polar surface area (TPSA) is 88.3 Å². The summed E-state index contributed by atoms with van der Waals surface area (Å²) in [6.07, 6.45) is 1.10. The van der Waals surface area contributed by atoms with E-state index in [1.54, 1.807) is 19.2 Å². The van der Waals surface area contributed by atoms with Crippen molar-refractivity contribution in [2.45, 2.75) is 32.2 Å². The summed E-state index contributed by atoms with van der Waals surface area (Å²) in [6.45, 7) is 4.55. The minimum atomic E-state index is -0.704. The molecule has 0 saturated carbocycles. The Kier molecular flexibility index (Phi) is 4.51. The van der Waals surface area contributed by atoms with Crippen molar-refractivity contribution < 1.29 is 9.59 Å². The molecule has 0 saturated heterocycles. The Labute approximate surface area is 151 Å². The molecule has 7 heteroatoms. The number of nitrogens with one attached hydrogen (secondary N) is 1. The summed E-state index contributed by atoms with van der Waals surface area (Å²) in [5.41, 5.74) is 8.46. The highest BCUT2D eigenvalue weighted by molar-refractivity contribution is 7.13. The number of primary amides is 1. The van der Waals surface area contributed by atoms with Gasteiger partial charge in [-0.1, -0.05) is 0 Å². The van der Waals surface area contributed by atoms with Gasteiger partial charge in [0, 0.05) is 42.2 Å². The van der Waals surface area contributed by atoms with Crippen molar-refractivity contribution in [3.8, 4) is 10.6 Å². The van der Waals surface area contributed by atoms with Gasteiger partial charge in [0.1, 0.15) is 10.7 Å². The zero-order valence-electron chi connectivity index (χ0n) is 14.6. The molecule has 1 aromatic carbocycles. The number of nitrogens with zero attached hydrogens (tertiary/aromatic N) is 2. The van der Waals surface area contributed by atoms with E-state index >= 15 is 0 Å². The van der Waals surface area contributed by atoms with E-state index < -0.39 is 11.4 Å². The minimum Gasteiger partial charge on any atom is -0.374 e. The molecule has 0 radical (unpaired) electrons. The van der Waals surface area contributed by atoms with Gasteiger partial charge in [0.25, 0.3) is 5.91 Å². The molecule has 1 aromatic heterocycles. The van der Waals surface area contributed by atoms with Gasteiger partial charge >= 0.3 is 0 Å². The molecule has 2 aromatic rings. The van der Waals surface area contributed by atoms with Gasteiger partial charge < -0.3 is 16.0 Å². The molecule has 0 spiro atoms. The summed E-state index contributed by atoms with van der Waals surface area (Å²) in [5, 5.41) is 5.37. The third-order valence-electron chi connectivity index (χ3n) is 4.26. The number of carbonyl (C=O) groups is 2. The van der Waals surface area contributed by atoms with Gasteiger partial charge in [0.05, 0.1) is 0 Å². The number of carbonyl (C=O) groups excluding carboxylic acids is 2. The van der Waals surface area contributed by atoms with Crippen molar-refractivity contribution in [3.63, 3.8) is 0 Å². The van der Waals surface area contributed by atoms with Crippen LogP contribution in [0, 0.1) is 0 Å². The van der Waals surface area contributed by atoms with Gasteiger partial charge in [0.2, 0.25) is 5.91 Å². The van der Waals surface area contributed by atoms with Gasteiger partial charge in [0.15, 0.2) is 0 Å². The van der Waals surface area contributed by atoms with Crippen LogP contribution >= 0.6 is 11.3 Å². The number of hydrogen-bond acceptors (Lipinski definition) is 5. The van der Waals surface area contributed by atoms with Crippen molar-refractivity contribution >= 4 is 28.8 Å². The first-order valence-electron chi connectivity index (χ1n) is 8.16. The van der Waals surface area contributed by atoms with Crippen LogP contribution in [0.2, 0.25) is 0 Å². The van der Waals surface area contributed by atoms with Crippen molar-refractivity contribution in [2.24, 2.45) is 5.73 Å². The SMILES string of the molecule is CN1CCc2cc(-c3nc(C(=O)NC(C)(C)CC(N)=O)cs3)ccc21.